The molecule has 1 radical (unpaired) electrons. The molecular formula is C3H11Y-. The Hall–Kier alpha value is 1.10. The zero-order valence-electron chi connectivity index (χ0n) is 1.58. The summed E-state index contributed by atoms with van der Waals surface area (Å²) in [5, 5.41) is 0. The Morgan fingerprint density at radius 3 is 0.750 bits per heavy atom. The van der Waals surface area contributed by atoms with Crippen molar-refractivity contribution >= 4 is 0 Å². The van der Waals surface area contributed by atoms with Crippen LogP contribution in [0.1, 0.15) is 14.9 Å². The van der Waals surface area contributed by atoms with Crippen molar-refractivity contribution in [1.29, 1.82) is 0 Å². The van der Waals surface area contributed by atoms with Gasteiger partial charge in [0.05, 0.1) is 0 Å². The minimum Gasteiger partial charge on any atom is -0.358 e. The third kappa shape index (κ3) is 11.3. The Morgan fingerprint density at radius 1 is 0.750 bits per heavy atom. The van der Waals surface area contributed by atoms with E-state index in [0.717, 1.165) is 0 Å². The van der Waals surface area contributed by atoms with Gasteiger partial charge in [0, 0.05) is 32.7 Å². The summed E-state index contributed by atoms with van der Waals surface area (Å²) in [6, 6.07) is 0. The van der Waals surface area contributed by atoms with E-state index in [1.807, 2.05) is 0 Å². The molecule has 0 aliphatic heterocycles. The van der Waals surface area contributed by atoms with E-state index in [1.54, 1.807) is 0 Å². The van der Waals surface area contributed by atoms with Crippen molar-refractivity contribution in [2.75, 3.05) is 0 Å². The molecule has 0 unspecified atom stereocenters. The summed E-state index contributed by atoms with van der Waals surface area (Å²) in [6.45, 7) is 0. The Kier molecular flexibility index (Phi) is 572. The van der Waals surface area contributed by atoms with Gasteiger partial charge in [-0.05, 0) is 0 Å². The van der Waals surface area contributed by atoms with Gasteiger partial charge in [0.25, 0.3) is 0 Å². The van der Waals surface area contributed by atoms with E-state index in [4.69, 9.17) is 0 Å². The smallest absolute Gasteiger partial charge is 0 e. The van der Waals surface area contributed by atoms with Gasteiger partial charge in [0.15, 0.2) is 0 Å². The van der Waals surface area contributed by atoms with Gasteiger partial charge in [-0.15, -0.1) is 0 Å². The van der Waals surface area contributed by atoms with Crippen LogP contribution >= 0.6 is 0 Å². The quantitative estimate of drug-likeness (QED) is 0.445. The van der Waals surface area contributed by atoms with Gasteiger partial charge >= 0.3 is 0 Å². The standard InChI is InChI=1S/2CH4.CH3.Y/h2*1H4;1H3;/q;;-1;. The van der Waals surface area contributed by atoms with Crippen LogP contribution in [0.5, 0.6) is 0 Å². The first-order valence-electron chi connectivity index (χ1n) is 0. The molecule has 0 aromatic carbocycles. The molecule has 0 aliphatic carbocycles. The Morgan fingerprint density at radius 2 is 0.750 bits per heavy atom. The fraction of sp³-hybridized carbons (Fsp3) is 0.667. The summed E-state index contributed by atoms with van der Waals surface area (Å²) in [7, 11) is 0. The molecule has 0 fully saturated rings. The molecule has 0 atom stereocenters. The fourth-order valence-electron chi connectivity index (χ4n) is 0. The number of hydrogen-bond donors (Lipinski definition) is 0. The minimum absolute atomic E-state index is 0. The zero-order chi connectivity index (χ0) is 0. The van der Waals surface area contributed by atoms with Gasteiger partial charge in [0.2, 0.25) is 0 Å². The van der Waals surface area contributed by atoms with Crippen LogP contribution in [0, 0.1) is 7.43 Å². The third-order valence-electron chi connectivity index (χ3n) is 0. The van der Waals surface area contributed by atoms with E-state index in [9.17, 15) is 0 Å². The van der Waals surface area contributed by atoms with Crippen molar-refractivity contribution in [2.45, 2.75) is 14.9 Å². The van der Waals surface area contributed by atoms with Crippen molar-refractivity contribution in [3.05, 3.63) is 7.43 Å². The van der Waals surface area contributed by atoms with Crippen LogP contribution in [0.3, 0.4) is 0 Å². The first-order valence-corrected chi connectivity index (χ1v) is 0. The normalized spacial score (nSPS) is 0. The van der Waals surface area contributed by atoms with Crippen molar-refractivity contribution in [3.8, 4) is 0 Å². The average Bonchev–Trinajstić information content (AvgIpc) is 0. The van der Waals surface area contributed by atoms with Crippen molar-refractivity contribution in [3.63, 3.8) is 0 Å². The molecule has 1 heteroatoms. The zero-order valence-corrected chi connectivity index (χ0v) is 4.42. The third-order valence-corrected chi connectivity index (χ3v) is 0. The maximum absolute atomic E-state index is 0. The maximum atomic E-state index is 0. The molecule has 4 heavy (non-hydrogen) atoms. The second-order valence-corrected chi connectivity index (χ2v) is 0. The molecule has 0 aliphatic rings. The molecule has 0 spiro atoms. The Bertz CT molecular complexity index is 3.25. The molecule has 0 aromatic rings. The SMILES string of the molecule is C.C.[CH3-].[Y]. The van der Waals surface area contributed by atoms with Crippen LogP contribution in [0.4, 0.5) is 0 Å². The topological polar surface area (TPSA) is 0 Å². The molecule has 0 heterocycles. The van der Waals surface area contributed by atoms with Crippen molar-refractivity contribution in [1.82, 2.24) is 0 Å². The van der Waals surface area contributed by atoms with Gasteiger partial charge < -0.3 is 7.43 Å². The summed E-state index contributed by atoms with van der Waals surface area (Å²) in [6.07, 6.45) is 0. The van der Waals surface area contributed by atoms with Crippen molar-refractivity contribution in [2.24, 2.45) is 0 Å². The molecule has 0 saturated carbocycles. The van der Waals surface area contributed by atoms with Gasteiger partial charge in [-0.3, -0.25) is 0 Å². The predicted molar refractivity (Wildman–Crippen MR) is 19.9 cm³/mol. The van der Waals surface area contributed by atoms with E-state index in [2.05, 4.69) is 0 Å². The van der Waals surface area contributed by atoms with Gasteiger partial charge in [-0.25, -0.2) is 0 Å². The van der Waals surface area contributed by atoms with Crippen LogP contribution in [-0.4, -0.2) is 0 Å². The Balaban J connectivity index is 0. The number of hydrogen-bond acceptors (Lipinski definition) is 0. The molecule has 0 bridgehead atoms. The molecule has 0 amide bonds. The first kappa shape index (κ1) is 70.5. The molecule has 0 nitrogen and oxygen atoms in total. The Labute approximate surface area is 54.9 Å². The number of rotatable bonds is 0. The molecular weight excluding hydrogens is 125 g/mol. The molecule has 0 aromatic heterocycles. The van der Waals surface area contributed by atoms with E-state index in [0.29, 0.717) is 0 Å². The summed E-state index contributed by atoms with van der Waals surface area (Å²) < 4.78 is 0. The van der Waals surface area contributed by atoms with Crippen LogP contribution in [0.25, 0.3) is 0 Å². The van der Waals surface area contributed by atoms with Crippen LogP contribution in [-0.2, 0) is 32.7 Å². The van der Waals surface area contributed by atoms with E-state index < -0.39 is 0 Å². The van der Waals surface area contributed by atoms with Crippen LogP contribution < -0.4 is 0 Å². The summed E-state index contributed by atoms with van der Waals surface area (Å²) in [5.41, 5.74) is 0. The van der Waals surface area contributed by atoms with Gasteiger partial charge in [-0.1, -0.05) is 14.9 Å². The van der Waals surface area contributed by atoms with Gasteiger partial charge in [0.1, 0.15) is 0 Å². The van der Waals surface area contributed by atoms with Crippen LogP contribution in [0.15, 0.2) is 0 Å². The second kappa shape index (κ2) is 32.4. The molecule has 0 saturated heterocycles. The summed E-state index contributed by atoms with van der Waals surface area (Å²) in [5.74, 6) is 0. The second-order valence-electron chi connectivity index (χ2n) is 0. The fourth-order valence-corrected chi connectivity index (χ4v) is 0. The predicted octanol–water partition coefficient (Wildman–Crippen LogP) is 1.72. The molecule has 0 rings (SSSR count). The summed E-state index contributed by atoms with van der Waals surface area (Å²) in [4.78, 5) is 0. The largest absolute Gasteiger partial charge is 0.358 e. The van der Waals surface area contributed by atoms with Gasteiger partial charge in [-0.2, -0.15) is 0 Å². The van der Waals surface area contributed by atoms with E-state index in [1.165, 1.54) is 0 Å². The molecule has 0 N–H and O–H groups in total. The van der Waals surface area contributed by atoms with Crippen LogP contribution in [0.2, 0.25) is 0 Å². The van der Waals surface area contributed by atoms with E-state index in [-0.39, 0.29) is 55.0 Å². The average molecular weight is 136 g/mol. The van der Waals surface area contributed by atoms with E-state index >= 15 is 0 Å². The monoisotopic (exact) mass is 136 g/mol. The minimum atomic E-state index is 0. The first-order chi connectivity index (χ1) is 0. The molecule has 27 valence electrons. The van der Waals surface area contributed by atoms with Crippen molar-refractivity contribution < 1.29 is 32.7 Å². The summed E-state index contributed by atoms with van der Waals surface area (Å²) >= 11 is 0. The maximum Gasteiger partial charge on any atom is 0 e.